The minimum atomic E-state index is -1.45. The number of hydrogen-bond donors (Lipinski definition) is 2. The Labute approximate surface area is 87.5 Å². The molecule has 0 saturated heterocycles. The molecule has 15 heavy (non-hydrogen) atoms. The van der Waals surface area contributed by atoms with Gasteiger partial charge in [-0.15, -0.1) is 0 Å². The van der Waals surface area contributed by atoms with Crippen LogP contribution in [-0.2, 0) is 0 Å². The standard InChI is InChI=1S/C11H9BO3/c13-12(14)8-4-2-6-10-11(8)7-3-1-5-9(7)15-10/h1-7,13-14H. The Morgan fingerprint density at radius 3 is 2.93 bits per heavy atom. The van der Waals surface area contributed by atoms with E-state index in [9.17, 15) is 10.0 Å². The van der Waals surface area contributed by atoms with Crippen molar-refractivity contribution in [2.24, 2.45) is 0 Å². The molecule has 0 fully saturated rings. The minimum absolute atomic E-state index is 0.0537. The zero-order valence-corrected chi connectivity index (χ0v) is 7.92. The molecule has 3 rings (SSSR count). The van der Waals surface area contributed by atoms with Crippen molar-refractivity contribution in [3.05, 3.63) is 47.7 Å². The minimum Gasteiger partial charge on any atom is -0.460 e. The van der Waals surface area contributed by atoms with Crippen LogP contribution in [0, 0.1) is 0 Å². The van der Waals surface area contributed by atoms with Crippen LogP contribution < -0.4 is 10.2 Å². The number of allylic oxidation sites excluding steroid dienone is 3. The van der Waals surface area contributed by atoms with Gasteiger partial charge in [-0.2, -0.15) is 0 Å². The lowest BCUT2D eigenvalue weighted by Gasteiger charge is -2.07. The molecule has 0 saturated carbocycles. The van der Waals surface area contributed by atoms with E-state index in [1.54, 1.807) is 12.1 Å². The summed E-state index contributed by atoms with van der Waals surface area (Å²) in [6.45, 7) is 0. The predicted octanol–water partition coefficient (Wildman–Crippen LogP) is 0.296. The lowest BCUT2D eigenvalue weighted by Crippen LogP contribution is -2.32. The summed E-state index contributed by atoms with van der Waals surface area (Å²) >= 11 is 0. The Kier molecular flexibility index (Phi) is 1.74. The highest BCUT2D eigenvalue weighted by atomic mass is 16.5. The second-order valence-corrected chi connectivity index (χ2v) is 3.67. The van der Waals surface area contributed by atoms with Gasteiger partial charge in [0, 0.05) is 5.56 Å². The molecule has 1 aromatic rings. The summed E-state index contributed by atoms with van der Waals surface area (Å²) in [6, 6.07) is 5.31. The lowest BCUT2D eigenvalue weighted by atomic mass is 9.74. The zero-order chi connectivity index (χ0) is 10.4. The number of rotatable bonds is 1. The second-order valence-electron chi connectivity index (χ2n) is 3.67. The molecule has 1 atom stereocenters. The Bertz CT molecular complexity index is 477. The first-order valence-electron chi connectivity index (χ1n) is 4.82. The van der Waals surface area contributed by atoms with Crippen LogP contribution in [0.4, 0.5) is 0 Å². The van der Waals surface area contributed by atoms with Gasteiger partial charge in [-0.25, -0.2) is 0 Å². The fourth-order valence-corrected chi connectivity index (χ4v) is 2.13. The molecule has 1 unspecified atom stereocenters. The fraction of sp³-hybridized carbons (Fsp3) is 0.0909. The van der Waals surface area contributed by atoms with Gasteiger partial charge in [0.05, 0.1) is 5.92 Å². The van der Waals surface area contributed by atoms with Crippen LogP contribution in [0.1, 0.15) is 11.5 Å². The van der Waals surface area contributed by atoms with Crippen LogP contribution >= 0.6 is 0 Å². The molecule has 2 aliphatic rings. The van der Waals surface area contributed by atoms with E-state index in [-0.39, 0.29) is 5.92 Å². The van der Waals surface area contributed by atoms with Crippen molar-refractivity contribution in [3.8, 4) is 5.75 Å². The molecule has 1 heterocycles. The maximum atomic E-state index is 9.26. The van der Waals surface area contributed by atoms with Crippen molar-refractivity contribution in [3.63, 3.8) is 0 Å². The van der Waals surface area contributed by atoms with E-state index in [4.69, 9.17) is 4.74 Å². The molecule has 0 radical (unpaired) electrons. The van der Waals surface area contributed by atoms with E-state index in [1.807, 2.05) is 24.3 Å². The van der Waals surface area contributed by atoms with E-state index in [2.05, 4.69) is 0 Å². The first-order valence-corrected chi connectivity index (χ1v) is 4.82. The van der Waals surface area contributed by atoms with Gasteiger partial charge in [-0.1, -0.05) is 24.3 Å². The van der Waals surface area contributed by atoms with E-state index in [0.717, 1.165) is 17.1 Å². The average Bonchev–Trinajstić information content (AvgIpc) is 2.75. The fourth-order valence-electron chi connectivity index (χ4n) is 2.13. The highest BCUT2D eigenvalue weighted by molar-refractivity contribution is 6.59. The molecule has 0 amide bonds. The molecule has 74 valence electrons. The first kappa shape index (κ1) is 8.77. The van der Waals surface area contributed by atoms with Crippen LogP contribution in [0.2, 0.25) is 0 Å². The summed E-state index contributed by atoms with van der Waals surface area (Å²) in [5.41, 5.74) is 1.39. The summed E-state index contributed by atoms with van der Waals surface area (Å²) in [7, 11) is -1.45. The number of hydrogen-bond acceptors (Lipinski definition) is 3. The van der Waals surface area contributed by atoms with E-state index >= 15 is 0 Å². The summed E-state index contributed by atoms with van der Waals surface area (Å²) in [5, 5.41) is 18.5. The second kappa shape index (κ2) is 2.99. The monoisotopic (exact) mass is 200 g/mol. The van der Waals surface area contributed by atoms with Crippen molar-refractivity contribution in [1.82, 2.24) is 0 Å². The van der Waals surface area contributed by atoms with Crippen molar-refractivity contribution >= 4 is 12.6 Å². The van der Waals surface area contributed by atoms with Crippen LogP contribution in [0.5, 0.6) is 5.75 Å². The van der Waals surface area contributed by atoms with Crippen LogP contribution in [0.15, 0.2) is 42.2 Å². The zero-order valence-electron chi connectivity index (χ0n) is 7.92. The maximum Gasteiger partial charge on any atom is 0.488 e. The largest absolute Gasteiger partial charge is 0.488 e. The summed E-state index contributed by atoms with van der Waals surface area (Å²) in [4.78, 5) is 0. The van der Waals surface area contributed by atoms with Gasteiger partial charge in [0.15, 0.2) is 0 Å². The Morgan fingerprint density at radius 1 is 1.27 bits per heavy atom. The lowest BCUT2D eigenvalue weighted by molar-refractivity contribution is 0.425. The molecule has 1 aromatic carbocycles. The smallest absolute Gasteiger partial charge is 0.460 e. The number of benzene rings is 1. The normalized spacial score (nSPS) is 20.7. The Balaban J connectivity index is 2.20. The molecule has 4 heteroatoms. The van der Waals surface area contributed by atoms with E-state index in [1.165, 1.54) is 0 Å². The first-order chi connectivity index (χ1) is 7.27. The van der Waals surface area contributed by atoms with Crippen LogP contribution in [0.3, 0.4) is 0 Å². The van der Waals surface area contributed by atoms with Gasteiger partial charge in [-0.05, 0) is 17.6 Å². The molecule has 0 spiro atoms. The topological polar surface area (TPSA) is 49.7 Å². The van der Waals surface area contributed by atoms with Crippen LogP contribution in [-0.4, -0.2) is 17.2 Å². The average molecular weight is 200 g/mol. The molecule has 0 bridgehead atoms. The van der Waals surface area contributed by atoms with Gasteiger partial charge < -0.3 is 14.8 Å². The van der Waals surface area contributed by atoms with Gasteiger partial charge in [-0.3, -0.25) is 0 Å². The predicted molar refractivity (Wildman–Crippen MR) is 56.9 cm³/mol. The molecule has 1 aliphatic heterocycles. The highest BCUT2D eigenvalue weighted by Gasteiger charge is 2.34. The molecule has 0 aromatic heterocycles. The summed E-state index contributed by atoms with van der Waals surface area (Å²) in [6.07, 6.45) is 5.81. The molecular formula is C11H9BO3. The van der Waals surface area contributed by atoms with Gasteiger partial charge >= 0.3 is 7.12 Å². The molecule has 2 N–H and O–H groups in total. The molecular weight excluding hydrogens is 191 g/mol. The Hall–Kier alpha value is -1.52. The highest BCUT2D eigenvalue weighted by Crippen LogP contribution is 2.42. The van der Waals surface area contributed by atoms with Crippen molar-refractivity contribution in [1.29, 1.82) is 0 Å². The third-order valence-electron chi connectivity index (χ3n) is 2.79. The van der Waals surface area contributed by atoms with Crippen molar-refractivity contribution < 1.29 is 14.8 Å². The maximum absolute atomic E-state index is 9.26. The third kappa shape index (κ3) is 1.15. The SMILES string of the molecule is OB(O)c1cccc2c1C1C=CC=C1O2. The van der Waals surface area contributed by atoms with Gasteiger partial charge in [0.2, 0.25) is 0 Å². The summed E-state index contributed by atoms with van der Waals surface area (Å²) < 4.78 is 5.60. The molecule has 1 aliphatic carbocycles. The van der Waals surface area contributed by atoms with E-state index in [0.29, 0.717) is 5.46 Å². The summed E-state index contributed by atoms with van der Waals surface area (Å²) in [5.74, 6) is 1.64. The van der Waals surface area contributed by atoms with Crippen LogP contribution in [0.25, 0.3) is 0 Å². The Morgan fingerprint density at radius 2 is 2.13 bits per heavy atom. The number of ether oxygens (including phenoxy) is 1. The van der Waals surface area contributed by atoms with Gasteiger partial charge in [0.1, 0.15) is 11.5 Å². The third-order valence-corrected chi connectivity index (χ3v) is 2.79. The van der Waals surface area contributed by atoms with E-state index < -0.39 is 7.12 Å². The molecule has 3 nitrogen and oxygen atoms in total. The number of fused-ring (bicyclic) bond motifs is 3. The van der Waals surface area contributed by atoms with Crippen molar-refractivity contribution in [2.75, 3.05) is 0 Å². The van der Waals surface area contributed by atoms with Crippen molar-refractivity contribution in [2.45, 2.75) is 5.92 Å². The quantitative estimate of drug-likeness (QED) is 0.640. The van der Waals surface area contributed by atoms with Gasteiger partial charge in [0.25, 0.3) is 0 Å².